The first-order valence-electron chi connectivity index (χ1n) is 10.1. The SMILES string of the molecule is CC.O=C(OCc1ccccc1)N1CC(OCc2ccccc2)[C@H]2OC[C@H](O)C21. The quantitative estimate of drug-likeness (QED) is 0.835. The fourth-order valence-corrected chi connectivity index (χ4v) is 3.68. The number of fused-ring (bicyclic) bond motifs is 1. The van der Waals surface area contributed by atoms with Gasteiger partial charge in [-0.15, -0.1) is 0 Å². The van der Waals surface area contributed by atoms with Crippen LogP contribution < -0.4 is 0 Å². The third-order valence-corrected chi connectivity index (χ3v) is 5.04. The smallest absolute Gasteiger partial charge is 0.410 e. The number of amides is 1. The summed E-state index contributed by atoms with van der Waals surface area (Å²) in [4.78, 5) is 14.2. The van der Waals surface area contributed by atoms with Gasteiger partial charge in [0, 0.05) is 0 Å². The lowest BCUT2D eigenvalue weighted by atomic mass is 10.1. The molecule has 0 spiro atoms. The average Bonchev–Trinajstić information content (AvgIpc) is 3.34. The fourth-order valence-electron chi connectivity index (χ4n) is 3.68. The van der Waals surface area contributed by atoms with Gasteiger partial charge >= 0.3 is 6.09 Å². The van der Waals surface area contributed by atoms with E-state index in [0.717, 1.165) is 11.1 Å². The van der Waals surface area contributed by atoms with Crippen molar-refractivity contribution in [3.05, 3.63) is 71.8 Å². The minimum Gasteiger partial charge on any atom is -0.445 e. The standard InChI is InChI=1S/C21H23NO5.C2H6/c23-17-14-26-20-18(25-12-15-7-3-1-4-8-15)11-22(19(17)20)21(24)27-13-16-9-5-2-6-10-16;1-2/h1-10,17-20,23H,11-14H2;1-2H3/t17-,18?,19?,20+;/m0./s1. The van der Waals surface area contributed by atoms with E-state index in [1.807, 2.05) is 74.5 Å². The van der Waals surface area contributed by atoms with Gasteiger partial charge in [-0.05, 0) is 11.1 Å². The van der Waals surface area contributed by atoms with Gasteiger partial charge in [-0.3, -0.25) is 4.90 Å². The largest absolute Gasteiger partial charge is 0.445 e. The van der Waals surface area contributed by atoms with Crippen LogP contribution in [0.25, 0.3) is 0 Å². The maximum atomic E-state index is 12.6. The van der Waals surface area contributed by atoms with Crippen molar-refractivity contribution in [1.82, 2.24) is 4.90 Å². The molecule has 0 saturated carbocycles. The molecular formula is C23H29NO5. The van der Waals surface area contributed by atoms with Crippen LogP contribution in [0.5, 0.6) is 0 Å². The molecule has 2 aliphatic heterocycles. The maximum Gasteiger partial charge on any atom is 0.410 e. The summed E-state index contributed by atoms with van der Waals surface area (Å²) >= 11 is 0. The first-order valence-corrected chi connectivity index (χ1v) is 10.1. The Morgan fingerprint density at radius 1 is 1.03 bits per heavy atom. The second-order valence-corrected chi connectivity index (χ2v) is 6.88. The van der Waals surface area contributed by atoms with Crippen LogP contribution in [0, 0.1) is 0 Å². The van der Waals surface area contributed by atoms with E-state index < -0.39 is 18.2 Å². The molecule has 2 aromatic carbocycles. The van der Waals surface area contributed by atoms with E-state index >= 15 is 0 Å². The lowest BCUT2D eigenvalue weighted by Crippen LogP contribution is -2.44. The topological polar surface area (TPSA) is 68.2 Å². The van der Waals surface area contributed by atoms with E-state index in [4.69, 9.17) is 14.2 Å². The zero-order valence-electron chi connectivity index (χ0n) is 16.9. The Morgan fingerprint density at radius 3 is 2.24 bits per heavy atom. The van der Waals surface area contributed by atoms with Gasteiger partial charge < -0.3 is 19.3 Å². The van der Waals surface area contributed by atoms with E-state index in [9.17, 15) is 9.90 Å². The van der Waals surface area contributed by atoms with Crippen LogP contribution in [-0.4, -0.2) is 53.6 Å². The van der Waals surface area contributed by atoms with Gasteiger partial charge in [-0.25, -0.2) is 4.79 Å². The van der Waals surface area contributed by atoms with Crippen molar-refractivity contribution < 1.29 is 24.1 Å². The van der Waals surface area contributed by atoms with Crippen molar-refractivity contribution in [3.8, 4) is 0 Å². The van der Waals surface area contributed by atoms with Crippen LogP contribution >= 0.6 is 0 Å². The summed E-state index contributed by atoms with van der Waals surface area (Å²) in [5.41, 5.74) is 1.97. The van der Waals surface area contributed by atoms with Gasteiger partial charge in [0.2, 0.25) is 0 Å². The Morgan fingerprint density at radius 2 is 1.62 bits per heavy atom. The van der Waals surface area contributed by atoms with E-state index in [0.29, 0.717) is 13.2 Å². The number of hydrogen-bond donors (Lipinski definition) is 1. The highest BCUT2D eigenvalue weighted by atomic mass is 16.6. The number of benzene rings is 2. The van der Waals surface area contributed by atoms with E-state index in [1.165, 1.54) is 0 Å². The first-order chi connectivity index (χ1) is 14.2. The van der Waals surface area contributed by atoms with Crippen LogP contribution in [0.4, 0.5) is 4.79 Å². The Balaban J connectivity index is 0.00000117. The summed E-state index contributed by atoms with van der Waals surface area (Å²) in [5.74, 6) is 0. The molecule has 2 saturated heterocycles. The van der Waals surface area contributed by atoms with Crippen LogP contribution in [0.3, 0.4) is 0 Å². The van der Waals surface area contributed by atoms with Gasteiger partial charge in [-0.1, -0.05) is 74.5 Å². The number of nitrogens with zero attached hydrogens (tertiary/aromatic N) is 1. The lowest BCUT2D eigenvalue weighted by molar-refractivity contribution is -0.0397. The Bertz CT molecular complexity index is 754. The molecule has 2 aromatic rings. The van der Waals surface area contributed by atoms with Crippen molar-refractivity contribution >= 4 is 6.09 Å². The number of rotatable bonds is 5. The fraction of sp³-hybridized carbons (Fsp3) is 0.435. The van der Waals surface area contributed by atoms with E-state index in [-0.39, 0.29) is 25.4 Å². The number of carbonyl (C=O) groups excluding carboxylic acids is 1. The molecule has 0 bridgehead atoms. The molecule has 2 heterocycles. The van der Waals surface area contributed by atoms with Crippen molar-refractivity contribution in [2.24, 2.45) is 0 Å². The second kappa shape index (κ2) is 10.4. The third-order valence-electron chi connectivity index (χ3n) is 5.04. The molecule has 156 valence electrons. The Hall–Kier alpha value is -2.41. The molecule has 2 aliphatic rings. The van der Waals surface area contributed by atoms with Crippen LogP contribution in [0.1, 0.15) is 25.0 Å². The molecule has 6 heteroatoms. The van der Waals surface area contributed by atoms with Crippen molar-refractivity contribution in [2.45, 2.75) is 51.4 Å². The Kier molecular flexibility index (Phi) is 7.63. The summed E-state index contributed by atoms with van der Waals surface area (Å²) in [5, 5.41) is 10.3. The zero-order chi connectivity index (χ0) is 20.6. The van der Waals surface area contributed by atoms with Gasteiger partial charge in [0.1, 0.15) is 24.9 Å². The number of carbonyl (C=O) groups is 1. The first kappa shape index (κ1) is 21.3. The van der Waals surface area contributed by atoms with Gasteiger partial charge in [0.05, 0.1) is 25.8 Å². The Labute approximate surface area is 172 Å². The highest BCUT2D eigenvalue weighted by Gasteiger charge is 2.53. The zero-order valence-corrected chi connectivity index (χ0v) is 16.9. The van der Waals surface area contributed by atoms with Crippen molar-refractivity contribution in [3.63, 3.8) is 0 Å². The summed E-state index contributed by atoms with van der Waals surface area (Å²) in [6, 6.07) is 18.9. The summed E-state index contributed by atoms with van der Waals surface area (Å²) in [6.07, 6.45) is -1.82. The number of aliphatic hydroxyl groups excluding tert-OH is 1. The molecule has 2 fully saturated rings. The monoisotopic (exact) mass is 399 g/mol. The maximum absolute atomic E-state index is 12.6. The molecule has 2 unspecified atom stereocenters. The molecular weight excluding hydrogens is 370 g/mol. The summed E-state index contributed by atoms with van der Waals surface area (Å²) in [6.45, 7) is 5.16. The third kappa shape index (κ3) is 5.15. The molecule has 1 amide bonds. The molecule has 0 aromatic heterocycles. The van der Waals surface area contributed by atoms with Crippen LogP contribution in [0.2, 0.25) is 0 Å². The minimum atomic E-state index is -0.732. The number of hydrogen-bond acceptors (Lipinski definition) is 5. The highest BCUT2D eigenvalue weighted by Crippen LogP contribution is 2.32. The van der Waals surface area contributed by atoms with Crippen LogP contribution in [0.15, 0.2) is 60.7 Å². The van der Waals surface area contributed by atoms with Gasteiger partial charge in [0.25, 0.3) is 0 Å². The highest BCUT2D eigenvalue weighted by molar-refractivity contribution is 5.69. The van der Waals surface area contributed by atoms with Gasteiger partial charge in [0.15, 0.2) is 0 Å². The molecule has 0 aliphatic carbocycles. The second-order valence-electron chi connectivity index (χ2n) is 6.88. The molecule has 4 atom stereocenters. The van der Waals surface area contributed by atoms with Crippen molar-refractivity contribution in [2.75, 3.05) is 13.2 Å². The van der Waals surface area contributed by atoms with Gasteiger partial charge in [-0.2, -0.15) is 0 Å². The molecule has 4 rings (SSSR count). The predicted octanol–water partition coefficient (Wildman–Crippen LogP) is 3.38. The molecule has 6 nitrogen and oxygen atoms in total. The predicted molar refractivity (Wildman–Crippen MR) is 109 cm³/mol. The van der Waals surface area contributed by atoms with E-state index in [1.54, 1.807) is 4.90 Å². The minimum absolute atomic E-state index is 0.194. The summed E-state index contributed by atoms with van der Waals surface area (Å²) in [7, 11) is 0. The van der Waals surface area contributed by atoms with E-state index in [2.05, 4.69) is 0 Å². The molecule has 29 heavy (non-hydrogen) atoms. The average molecular weight is 399 g/mol. The molecule has 1 N–H and O–H groups in total. The number of ether oxygens (including phenoxy) is 3. The molecule has 0 radical (unpaired) electrons. The normalized spacial score (nSPS) is 25.1. The number of aliphatic hydroxyl groups is 1. The lowest BCUT2D eigenvalue weighted by Gasteiger charge is -2.24. The van der Waals surface area contributed by atoms with Crippen molar-refractivity contribution in [1.29, 1.82) is 0 Å². The summed E-state index contributed by atoms with van der Waals surface area (Å²) < 4.78 is 17.2. The number of likely N-dealkylation sites (tertiary alicyclic amines) is 1. The van der Waals surface area contributed by atoms with Crippen LogP contribution in [-0.2, 0) is 27.4 Å².